The van der Waals surface area contributed by atoms with Crippen molar-refractivity contribution in [1.29, 1.82) is 0 Å². The Morgan fingerprint density at radius 2 is 1.97 bits per heavy atom. The molecule has 0 saturated carbocycles. The average molecular weight is 415 g/mol. The summed E-state index contributed by atoms with van der Waals surface area (Å²) in [5, 5.41) is 2.40. The molecule has 1 unspecified atom stereocenters. The fourth-order valence-corrected chi connectivity index (χ4v) is 5.07. The van der Waals surface area contributed by atoms with E-state index in [1.54, 1.807) is 7.11 Å². The molecule has 3 aliphatic rings. The maximum atomic E-state index is 12.2. The number of nitrogens with one attached hydrogen (secondary N) is 1. The van der Waals surface area contributed by atoms with Crippen molar-refractivity contribution in [3.8, 4) is 0 Å². The molecule has 0 spiro atoms. The van der Waals surface area contributed by atoms with Gasteiger partial charge in [-0.15, -0.1) is 0 Å². The van der Waals surface area contributed by atoms with E-state index in [0.29, 0.717) is 24.9 Å². The van der Waals surface area contributed by atoms with Crippen LogP contribution >= 0.6 is 0 Å². The summed E-state index contributed by atoms with van der Waals surface area (Å²) in [7, 11) is 5.74. The van der Waals surface area contributed by atoms with Gasteiger partial charge in [-0.2, -0.15) is 0 Å². The number of likely N-dealkylation sites (N-methyl/N-ethyl adjacent to an activating group) is 2. The summed E-state index contributed by atoms with van der Waals surface area (Å²) in [6.07, 6.45) is 1.74. The lowest BCUT2D eigenvalue weighted by molar-refractivity contribution is -0.137. The minimum absolute atomic E-state index is 0.112. The largest absolute Gasteiger partial charge is 0.374 e. The number of hydrogen-bond acceptors (Lipinski definition) is 7. The van der Waals surface area contributed by atoms with Gasteiger partial charge in [0.15, 0.2) is 0 Å². The summed E-state index contributed by atoms with van der Waals surface area (Å²) in [5.41, 5.74) is 3.89. The van der Waals surface area contributed by atoms with Gasteiger partial charge in [-0.05, 0) is 43.3 Å². The lowest BCUT2D eigenvalue weighted by Crippen LogP contribution is -2.65. The van der Waals surface area contributed by atoms with Crippen molar-refractivity contribution in [2.75, 3.05) is 40.8 Å². The number of methoxy groups -OCH3 is 1. The number of imide groups is 1. The molecule has 1 atom stereocenters. The van der Waals surface area contributed by atoms with E-state index in [1.165, 1.54) is 11.1 Å². The highest BCUT2D eigenvalue weighted by Crippen LogP contribution is 2.31. The van der Waals surface area contributed by atoms with Crippen LogP contribution in [0.5, 0.6) is 0 Å². The van der Waals surface area contributed by atoms with Crippen molar-refractivity contribution < 1.29 is 19.1 Å². The molecule has 2 amide bonds. The second-order valence-corrected chi connectivity index (χ2v) is 9.02. The monoisotopic (exact) mass is 414 g/mol. The Hall–Kier alpha value is -2.13. The van der Waals surface area contributed by atoms with Crippen LogP contribution in [0.2, 0.25) is 0 Å². The third-order valence-electron chi connectivity index (χ3n) is 6.60. The van der Waals surface area contributed by atoms with E-state index in [4.69, 9.17) is 4.74 Å². The summed E-state index contributed by atoms with van der Waals surface area (Å²) in [4.78, 5) is 41.9. The van der Waals surface area contributed by atoms with E-state index in [1.807, 2.05) is 18.0 Å². The average Bonchev–Trinajstić information content (AvgIpc) is 3.06. The molecule has 0 bridgehead atoms. The van der Waals surface area contributed by atoms with E-state index in [9.17, 15) is 14.4 Å². The zero-order valence-corrected chi connectivity index (χ0v) is 17.9. The normalized spacial score (nSPS) is 23.9. The number of benzene rings is 1. The third kappa shape index (κ3) is 4.05. The summed E-state index contributed by atoms with van der Waals surface area (Å²) in [5.74, 6) is -0.480. The highest BCUT2D eigenvalue weighted by Gasteiger charge is 2.43. The summed E-state index contributed by atoms with van der Waals surface area (Å²) in [6, 6.07) is 3.74. The van der Waals surface area contributed by atoms with Gasteiger partial charge in [0, 0.05) is 58.4 Å². The van der Waals surface area contributed by atoms with Crippen molar-refractivity contribution in [1.82, 2.24) is 20.0 Å². The fourth-order valence-electron chi connectivity index (χ4n) is 5.07. The predicted octanol–water partition coefficient (Wildman–Crippen LogP) is 0.382. The van der Waals surface area contributed by atoms with Gasteiger partial charge in [0.2, 0.25) is 11.8 Å². The maximum absolute atomic E-state index is 12.2. The first-order valence-electron chi connectivity index (χ1n) is 10.4. The van der Waals surface area contributed by atoms with Gasteiger partial charge in [0.1, 0.15) is 11.9 Å². The van der Waals surface area contributed by atoms with Crippen molar-refractivity contribution in [3.63, 3.8) is 0 Å². The number of carbonyl (C=O) groups excluding carboxylic acids is 3. The third-order valence-corrected chi connectivity index (χ3v) is 6.60. The van der Waals surface area contributed by atoms with E-state index >= 15 is 0 Å². The van der Waals surface area contributed by atoms with Crippen molar-refractivity contribution >= 4 is 18.1 Å². The molecule has 1 aromatic carbocycles. The molecule has 2 fully saturated rings. The lowest BCUT2D eigenvalue weighted by atomic mass is 9.94. The number of rotatable bonds is 7. The van der Waals surface area contributed by atoms with Gasteiger partial charge < -0.3 is 9.64 Å². The topological polar surface area (TPSA) is 82.2 Å². The highest BCUT2D eigenvalue weighted by atomic mass is 16.5. The molecule has 2 saturated heterocycles. The summed E-state index contributed by atoms with van der Waals surface area (Å²) < 4.78 is 5.80. The zero-order valence-electron chi connectivity index (χ0n) is 17.9. The number of carbonyl (C=O) groups is 3. The number of ether oxygens (including phenoxy) is 1. The molecule has 1 N–H and O–H groups in total. The van der Waals surface area contributed by atoms with Crippen LogP contribution in [0.3, 0.4) is 0 Å². The number of likely N-dealkylation sites (tertiary alicyclic amines) is 1. The molecule has 4 rings (SSSR count). The lowest BCUT2D eigenvalue weighted by Gasteiger charge is -2.49. The van der Waals surface area contributed by atoms with Crippen LogP contribution in [0.4, 0.5) is 0 Å². The molecule has 1 aromatic rings. The second kappa shape index (κ2) is 8.19. The van der Waals surface area contributed by atoms with E-state index in [0.717, 1.165) is 44.6 Å². The van der Waals surface area contributed by atoms with Crippen LogP contribution in [0.15, 0.2) is 12.1 Å². The van der Waals surface area contributed by atoms with Crippen LogP contribution in [-0.2, 0) is 34.0 Å². The number of amides is 2. The van der Waals surface area contributed by atoms with Crippen LogP contribution in [0, 0.1) is 0 Å². The Kier molecular flexibility index (Phi) is 5.76. The first-order chi connectivity index (χ1) is 14.3. The van der Waals surface area contributed by atoms with Crippen molar-refractivity contribution in [3.05, 3.63) is 34.4 Å². The predicted molar refractivity (Wildman–Crippen MR) is 111 cm³/mol. The second-order valence-electron chi connectivity index (χ2n) is 9.02. The number of nitrogens with zero attached hydrogens (tertiary/aromatic N) is 3. The van der Waals surface area contributed by atoms with Crippen LogP contribution in [-0.4, -0.2) is 85.3 Å². The van der Waals surface area contributed by atoms with Gasteiger partial charge in [-0.3, -0.25) is 29.5 Å². The molecule has 0 radical (unpaired) electrons. The maximum Gasteiger partial charge on any atom is 0.243 e. The zero-order chi connectivity index (χ0) is 21.5. The molecule has 3 heterocycles. The molecule has 8 heteroatoms. The Labute approximate surface area is 177 Å². The molecule has 162 valence electrons. The molecular weight excluding hydrogens is 384 g/mol. The Balaban J connectivity index is 1.46. The molecular formula is C22H30N4O4. The molecule has 0 aromatic heterocycles. The van der Waals surface area contributed by atoms with E-state index in [2.05, 4.69) is 28.2 Å². The fraction of sp³-hybridized carbons (Fsp3) is 0.591. The standard InChI is InChI=1S/C22H30N4O4/c1-24-12-22(13-24,30-3)14-26-9-16-6-15(18(11-27)7-17(16)10-26)8-25(2)19-4-5-20(28)23-21(19)29/h6-7,11,19H,4-5,8-10,12-14H2,1-3H3,(H,23,28,29). The molecule has 0 aliphatic carbocycles. The first kappa shape index (κ1) is 21.1. The highest BCUT2D eigenvalue weighted by molar-refractivity contribution is 6.00. The SMILES string of the molecule is COC1(CN2Cc3cc(C=O)c(CN(C)C4CCC(=O)NC4=O)cc3C2)CN(C)C1. The number of aldehydes is 1. The Bertz CT molecular complexity index is 865. The van der Waals surface area contributed by atoms with E-state index < -0.39 is 0 Å². The molecule has 8 nitrogen and oxygen atoms in total. The Morgan fingerprint density at radius 1 is 1.27 bits per heavy atom. The number of hydrogen-bond donors (Lipinski definition) is 1. The van der Waals surface area contributed by atoms with Gasteiger partial charge in [-0.1, -0.05) is 6.07 Å². The van der Waals surface area contributed by atoms with Gasteiger partial charge in [0.25, 0.3) is 0 Å². The first-order valence-corrected chi connectivity index (χ1v) is 10.4. The van der Waals surface area contributed by atoms with E-state index in [-0.39, 0.29) is 23.5 Å². The summed E-state index contributed by atoms with van der Waals surface area (Å²) >= 11 is 0. The minimum atomic E-state index is -0.357. The quantitative estimate of drug-likeness (QED) is 0.510. The molecule has 3 aliphatic heterocycles. The van der Waals surface area contributed by atoms with Gasteiger partial charge in [-0.25, -0.2) is 0 Å². The van der Waals surface area contributed by atoms with Gasteiger partial charge >= 0.3 is 0 Å². The Morgan fingerprint density at radius 3 is 2.57 bits per heavy atom. The molecule has 30 heavy (non-hydrogen) atoms. The van der Waals surface area contributed by atoms with Crippen LogP contribution < -0.4 is 5.32 Å². The van der Waals surface area contributed by atoms with Crippen LogP contribution in [0.1, 0.15) is 39.9 Å². The van der Waals surface area contributed by atoms with Crippen molar-refractivity contribution in [2.45, 2.75) is 44.1 Å². The smallest absolute Gasteiger partial charge is 0.243 e. The van der Waals surface area contributed by atoms with Crippen molar-refractivity contribution in [2.24, 2.45) is 0 Å². The number of fused-ring (bicyclic) bond motifs is 1. The van der Waals surface area contributed by atoms with Crippen LogP contribution in [0.25, 0.3) is 0 Å². The number of piperidine rings is 1. The van der Waals surface area contributed by atoms with Gasteiger partial charge in [0.05, 0.1) is 6.04 Å². The summed E-state index contributed by atoms with van der Waals surface area (Å²) in [6.45, 7) is 4.85. The minimum Gasteiger partial charge on any atom is -0.374 e.